The zero-order chi connectivity index (χ0) is 16.5. The van der Waals surface area contributed by atoms with E-state index in [-0.39, 0.29) is 5.75 Å². The summed E-state index contributed by atoms with van der Waals surface area (Å²) >= 11 is 5.08. The van der Waals surface area contributed by atoms with Crippen LogP contribution in [0.2, 0.25) is 0 Å². The van der Waals surface area contributed by atoms with Crippen LogP contribution in [0.4, 0.5) is 8.78 Å². The molecule has 0 aromatic heterocycles. The lowest BCUT2D eigenvalue weighted by molar-refractivity contribution is -0.0499. The molecule has 23 heavy (non-hydrogen) atoms. The summed E-state index contributed by atoms with van der Waals surface area (Å²) in [7, 11) is 0. The number of para-hydroxylation sites is 1. The molecule has 2 rings (SSSR count). The van der Waals surface area contributed by atoms with E-state index in [1.807, 2.05) is 30.3 Å². The highest BCUT2D eigenvalue weighted by Gasteiger charge is 2.07. The number of nitrogens with zero attached hydrogens (tertiary/aromatic N) is 1. The minimum absolute atomic E-state index is 0.0520. The average molecular weight is 335 g/mol. The molecule has 120 valence electrons. The van der Waals surface area contributed by atoms with E-state index in [1.165, 1.54) is 12.3 Å². The predicted molar refractivity (Wildman–Crippen MR) is 89.7 cm³/mol. The summed E-state index contributed by atoms with van der Waals surface area (Å²) in [4.78, 5) is 0. The Balaban J connectivity index is 1.85. The van der Waals surface area contributed by atoms with Crippen molar-refractivity contribution in [3.8, 4) is 5.75 Å². The lowest BCUT2D eigenvalue weighted by atomic mass is 10.2. The number of ether oxygens (including phenoxy) is 1. The molecule has 2 aromatic rings. The van der Waals surface area contributed by atoms with Gasteiger partial charge in [0, 0.05) is 12.1 Å². The van der Waals surface area contributed by atoms with Gasteiger partial charge in [0.25, 0.3) is 0 Å². The van der Waals surface area contributed by atoms with Crippen molar-refractivity contribution >= 4 is 23.5 Å². The monoisotopic (exact) mass is 335 g/mol. The molecule has 0 atom stereocenters. The molecule has 0 radical (unpaired) electrons. The largest absolute Gasteiger partial charge is 0.434 e. The predicted octanol–water partition coefficient (Wildman–Crippen LogP) is 3.29. The number of halogens is 2. The van der Waals surface area contributed by atoms with Crippen molar-refractivity contribution in [3.05, 3.63) is 65.7 Å². The second-order valence-electron chi connectivity index (χ2n) is 4.45. The summed E-state index contributed by atoms with van der Waals surface area (Å²) in [6.45, 7) is -2.32. The number of nitrogens with one attached hydrogen (secondary N) is 2. The van der Waals surface area contributed by atoms with Crippen LogP contribution in [0.3, 0.4) is 0 Å². The standard InChI is InChI=1S/C16H15F2N3OS/c17-15(18)22-14-9-5-4-8-13(14)11-20-21-16(23)19-10-12-6-2-1-3-7-12/h1-9,11,15H,10H2,(H2,19,21,23)/b20-11+. The summed E-state index contributed by atoms with van der Waals surface area (Å²) in [5.74, 6) is 0.0520. The Labute approximate surface area is 138 Å². The van der Waals surface area contributed by atoms with Crippen LogP contribution in [0.5, 0.6) is 5.75 Å². The minimum Gasteiger partial charge on any atom is -0.434 e. The lowest BCUT2D eigenvalue weighted by Gasteiger charge is -2.08. The molecule has 0 heterocycles. The van der Waals surface area contributed by atoms with Crippen LogP contribution < -0.4 is 15.5 Å². The van der Waals surface area contributed by atoms with E-state index in [0.29, 0.717) is 17.2 Å². The van der Waals surface area contributed by atoms with Crippen molar-refractivity contribution in [1.82, 2.24) is 10.7 Å². The number of alkyl halides is 2. The smallest absolute Gasteiger partial charge is 0.387 e. The summed E-state index contributed by atoms with van der Waals surface area (Å²) in [5.41, 5.74) is 4.13. The van der Waals surface area contributed by atoms with Gasteiger partial charge in [-0.1, -0.05) is 42.5 Å². The van der Waals surface area contributed by atoms with Gasteiger partial charge in [-0.2, -0.15) is 13.9 Å². The van der Waals surface area contributed by atoms with E-state index in [2.05, 4.69) is 20.6 Å². The zero-order valence-corrected chi connectivity index (χ0v) is 12.9. The third-order valence-electron chi connectivity index (χ3n) is 2.80. The van der Waals surface area contributed by atoms with Gasteiger partial charge in [0.2, 0.25) is 0 Å². The third kappa shape index (κ3) is 5.99. The molecule has 7 heteroatoms. The molecule has 4 nitrogen and oxygen atoms in total. The fourth-order valence-electron chi connectivity index (χ4n) is 1.77. The lowest BCUT2D eigenvalue weighted by Crippen LogP contribution is -2.31. The van der Waals surface area contributed by atoms with Crippen LogP contribution in [0.1, 0.15) is 11.1 Å². The zero-order valence-electron chi connectivity index (χ0n) is 12.1. The summed E-state index contributed by atoms with van der Waals surface area (Å²) < 4.78 is 29.0. The van der Waals surface area contributed by atoms with Gasteiger partial charge in [-0.15, -0.1) is 0 Å². The fourth-order valence-corrected chi connectivity index (χ4v) is 1.89. The maximum absolute atomic E-state index is 12.3. The Morgan fingerprint density at radius 1 is 1.13 bits per heavy atom. The van der Waals surface area contributed by atoms with Crippen molar-refractivity contribution in [1.29, 1.82) is 0 Å². The van der Waals surface area contributed by atoms with Crippen LogP contribution in [0.25, 0.3) is 0 Å². The molecular formula is C16H15F2N3OS. The molecule has 0 bridgehead atoms. The van der Waals surface area contributed by atoms with Gasteiger partial charge in [-0.3, -0.25) is 5.43 Å². The molecule has 0 saturated carbocycles. The first kappa shape index (κ1) is 16.8. The maximum atomic E-state index is 12.3. The van der Waals surface area contributed by atoms with Crippen molar-refractivity contribution in [2.45, 2.75) is 13.2 Å². The van der Waals surface area contributed by atoms with E-state index in [0.717, 1.165) is 5.56 Å². The van der Waals surface area contributed by atoms with Crippen LogP contribution in [0.15, 0.2) is 59.7 Å². The summed E-state index contributed by atoms with van der Waals surface area (Å²) in [6, 6.07) is 16.1. The van der Waals surface area contributed by atoms with Gasteiger partial charge in [-0.25, -0.2) is 0 Å². The SMILES string of the molecule is FC(F)Oc1ccccc1/C=N/NC(=S)NCc1ccccc1. The molecule has 0 unspecified atom stereocenters. The van der Waals surface area contributed by atoms with E-state index in [9.17, 15) is 8.78 Å². The summed E-state index contributed by atoms with van der Waals surface area (Å²) in [6.07, 6.45) is 1.37. The molecule has 2 N–H and O–H groups in total. The topological polar surface area (TPSA) is 45.6 Å². The first-order valence-corrected chi connectivity index (χ1v) is 7.20. The molecule has 0 saturated heterocycles. The van der Waals surface area contributed by atoms with Crippen LogP contribution in [-0.4, -0.2) is 17.9 Å². The Hall–Kier alpha value is -2.54. The molecule has 0 fully saturated rings. The van der Waals surface area contributed by atoms with Crippen molar-refractivity contribution in [2.24, 2.45) is 5.10 Å². The van der Waals surface area contributed by atoms with Crippen molar-refractivity contribution in [3.63, 3.8) is 0 Å². The molecule has 2 aromatic carbocycles. The second-order valence-corrected chi connectivity index (χ2v) is 4.86. The number of thiocarbonyl (C=S) groups is 1. The third-order valence-corrected chi connectivity index (χ3v) is 3.04. The Bertz CT molecular complexity index is 665. The minimum atomic E-state index is -2.88. The number of hydrogen-bond donors (Lipinski definition) is 2. The number of benzene rings is 2. The molecular weight excluding hydrogens is 320 g/mol. The van der Waals surface area contributed by atoms with Gasteiger partial charge < -0.3 is 10.1 Å². The number of hydrazone groups is 1. The Morgan fingerprint density at radius 3 is 2.57 bits per heavy atom. The molecule has 0 amide bonds. The van der Waals surface area contributed by atoms with Crippen molar-refractivity contribution < 1.29 is 13.5 Å². The quantitative estimate of drug-likeness (QED) is 0.483. The highest BCUT2D eigenvalue weighted by atomic mass is 32.1. The number of rotatable bonds is 6. The first-order chi connectivity index (χ1) is 11.1. The van der Waals surface area contributed by atoms with Gasteiger partial charge in [-0.05, 0) is 29.9 Å². The highest BCUT2D eigenvalue weighted by molar-refractivity contribution is 7.80. The second kappa shape index (κ2) is 8.79. The highest BCUT2D eigenvalue weighted by Crippen LogP contribution is 2.18. The Morgan fingerprint density at radius 2 is 1.83 bits per heavy atom. The normalized spacial score (nSPS) is 10.7. The molecule has 0 aliphatic carbocycles. The van der Waals surface area contributed by atoms with Gasteiger partial charge in [0.05, 0.1) is 6.21 Å². The molecule has 0 aliphatic heterocycles. The maximum Gasteiger partial charge on any atom is 0.387 e. The van der Waals surface area contributed by atoms with Gasteiger partial charge in [0.15, 0.2) is 5.11 Å². The fraction of sp³-hybridized carbons (Fsp3) is 0.125. The van der Waals surface area contributed by atoms with Crippen LogP contribution in [0, 0.1) is 0 Å². The summed E-state index contributed by atoms with van der Waals surface area (Å²) in [5, 5.41) is 7.24. The van der Waals surface area contributed by atoms with Gasteiger partial charge in [0.1, 0.15) is 5.75 Å². The van der Waals surface area contributed by atoms with E-state index in [4.69, 9.17) is 12.2 Å². The van der Waals surface area contributed by atoms with Gasteiger partial charge >= 0.3 is 6.61 Å². The number of hydrogen-bond acceptors (Lipinski definition) is 3. The van der Waals surface area contributed by atoms with Crippen LogP contribution >= 0.6 is 12.2 Å². The van der Waals surface area contributed by atoms with E-state index >= 15 is 0 Å². The molecule has 0 spiro atoms. The van der Waals surface area contributed by atoms with Crippen molar-refractivity contribution in [2.75, 3.05) is 0 Å². The van der Waals surface area contributed by atoms with E-state index in [1.54, 1.807) is 18.2 Å². The first-order valence-electron chi connectivity index (χ1n) is 6.80. The average Bonchev–Trinajstić information content (AvgIpc) is 2.55. The molecule has 0 aliphatic rings. The Kier molecular flexibility index (Phi) is 6.43. The van der Waals surface area contributed by atoms with Crippen LogP contribution in [-0.2, 0) is 6.54 Å². The van der Waals surface area contributed by atoms with E-state index < -0.39 is 6.61 Å².